The van der Waals surface area contributed by atoms with Gasteiger partial charge in [0.1, 0.15) is 24.0 Å². The lowest BCUT2D eigenvalue weighted by Crippen LogP contribution is -2.33. The first-order chi connectivity index (χ1) is 16.5. The second kappa shape index (κ2) is 9.35. The van der Waals surface area contributed by atoms with Crippen LogP contribution in [0.25, 0.3) is 6.08 Å². The van der Waals surface area contributed by atoms with Crippen LogP contribution in [0.1, 0.15) is 52.4 Å². The molecule has 0 aromatic heterocycles. The Morgan fingerprint density at radius 3 is 2.62 bits per heavy atom. The Hall–Kier alpha value is -3.57. The van der Waals surface area contributed by atoms with Crippen molar-refractivity contribution in [1.29, 1.82) is 0 Å². The summed E-state index contributed by atoms with van der Waals surface area (Å²) in [5, 5.41) is 0. The fourth-order valence-corrected chi connectivity index (χ4v) is 4.46. The van der Waals surface area contributed by atoms with E-state index in [1.54, 1.807) is 7.11 Å². The van der Waals surface area contributed by atoms with E-state index in [0.29, 0.717) is 36.3 Å². The van der Waals surface area contributed by atoms with Gasteiger partial charge in [-0.1, -0.05) is 56.3 Å². The second-order valence-corrected chi connectivity index (χ2v) is 9.07. The van der Waals surface area contributed by atoms with Gasteiger partial charge in [0.25, 0.3) is 0 Å². The number of hydrogen-bond acceptors (Lipinski definition) is 5. The molecule has 0 aliphatic carbocycles. The van der Waals surface area contributed by atoms with Gasteiger partial charge in [0.15, 0.2) is 5.76 Å². The van der Waals surface area contributed by atoms with Gasteiger partial charge in [-0.3, -0.25) is 9.69 Å². The number of ketones is 1. The van der Waals surface area contributed by atoms with Crippen molar-refractivity contribution < 1.29 is 19.0 Å². The Morgan fingerprint density at radius 2 is 1.85 bits per heavy atom. The average Bonchev–Trinajstić information content (AvgIpc) is 3.18. The number of ether oxygens (including phenoxy) is 3. The van der Waals surface area contributed by atoms with Crippen LogP contribution < -0.4 is 14.2 Å². The van der Waals surface area contributed by atoms with Crippen molar-refractivity contribution in [2.24, 2.45) is 0 Å². The Bertz CT molecular complexity index is 1240. The molecule has 2 heterocycles. The van der Waals surface area contributed by atoms with Gasteiger partial charge in [0.05, 0.1) is 18.2 Å². The molecule has 0 spiro atoms. The summed E-state index contributed by atoms with van der Waals surface area (Å²) in [6.07, 6.45) is 2.66. The maximum atomic E-state index is 13.1. The Kier molecular flexibility index (Phi) is 6.12. The van der Waals surface area contributed by atoms with Crippen LogP contribution in [0.15, 0.2) is 66.4 Å². The number of methoxy groups -OCH3 is 1. The van der Waals surface area contributed by atoms with E-state index >= 15 is 0 Å². The Balaban J connectivity index is 1.34. The van der Waals surface area contributed by atoms with E-state index in [4.69, 9.17) is 14.2 Å². The number of hydrogen-bond donors (Lipinski definition) is 0. The molecule has 0 fully saturated rings. The normalized spacial score (nSPS) is 16.2. The number of rotatable bonds is 6. The zero-order chi connectivity index (χ0) is 23.7. The van der Waals surface area contributed by atoms with Gasteiger partial charge in [-0.2, -0.15) is 0 Å². The number of benzene rings is 3. The number of nitrogens with zero attached hydrogens (tertiary/aromatic N) is 1. The van der Waals surface area contributed by atoms with Crippen molar-refractivity contribution >= 4 is 11.9 Å². The molecule has 2 aliphatic rings. The van der Waals surface area contributed by atoms with Crippen LogP contribution in [-0.2, 0) is 13.0 Å². The Morgan fingerprint density at radius 1 is 1.06 bits per heavy atom. The average molecular weight is 456 g/mol. The first-order valence-corrected chi connectivity index (χ1v) is 11.7. The third-order valence-corrected chi connectivity index (χ3v) is 6.47. The molecule has 5 rings (SSSR count). The van der Waals surface area contributed by atoms with Crippen LogP contribution in [0.4, 0.5) is 0 Å². The smallest absolute Gasteiger partial charge is 0.231 e. The third-order valence-electron chi connectivity index (χ3n) is 6.47. The molecular weight excluding hydrogens is 426 g/mol. The lowest BCUT2D eigenvalue weighted by molar-refractivity contribution is 0.0948. The summed E-state index contributed by atoms with van der Waals surface area (Å²) in [6.45, 7) is 6.30. The van der Waals surface area contributed by atoms with E-state index in [9.17, 15) is 4.79 Å². The van der Waals surface area contributed by atoms with Gasteiger partial charge < -0.3 is 14.2 Å². The van der Waals surface area contributed by atoms with Gasteiger partial charge in [-0.15, -0.1) is 0 Å². The molecule has 0 saturated carbocycles. The largest absolute Gasteiger partial charge is 0.496 e. The maximum Gasteiger partial charge on any atom is 0.231 e. The molecule has 174 valence electrons. The number of Topliss-reactive ketones (excluding diaryl/α,β-unsaturated/α-hetero) is 1. The lowest BCUT2D eigenvalue weighted by atomic mass is 10.0. The zero-order valence-electron chi connectivity index (χ0n) is 19.8. The van der Waals surface area contributed by atoms with Crippen molar-refractivity contribution in [3.8, 4) is 17.2 Å². The molecule has 3 aromatic carbocycles. The molecule has 0 unspecified atom stereocenters. The van der Waals surface area contributed by atoms with Crippen molar-refractivity contribution in [1.82, 2.24) is 4.90 Å². The number of carbonyl (C=O) groups excluding carboxylic acids is 1. The highest BCUT2D eigenvalue weighted by atomic mass is 16.5. The van der Waals surface area contributed by atoms with E-state index < -0.39 is 0 Å². The first-order valence-electron chi connectivity index (χ1n) is 11.7. The SMILES string of the molecule is COc1ccccc1CCN1COc2ccc3c(c2C1)O/C(=C\c1ccc(C(C)C)cc1)C3=O. The van der Waals surface area contributed by atoms with E-state index in [-0.39, 0.29) is 5.78 Å². The van der Waals surface area contributed by atoms with Crippen molar-refractivity contribution in [2.45, 2.75) is 32.7 Å². The maximum absolute atomic E-state index is 13.1. The van der Waals surface area contributed by atoms with Crippen molar-refractivity contribution in [3.05, 3.63) is 94.2 Å². The summed E-state index contributed by atoms with van der Waals surface area (Å²) in [7, 11) is 1.69. The highest BCUT2D eigenvalue weighted by Gasteiger charge is 2.33. The number of carbonyl (C=O) groups is 1. The van der Waals surface area contributed by atoms with Crippen molar-refractivity contribution in [2.75, 3.05) is 20.4 Å². The minimum atomic E-state index is -0.0862. The molecule has 2 aliphatic heterocycles. The quantitative estimate of drug-likeness (QED) is 0.438. The molecule has 0 atom stereocenters. The van der Waals surface area contributed by atoms with Crippen LogP contribution in [0.5, 0.6) is 17.2 Å². The topological polar surface area (TPSA) is 48.0 Å². The fourth-order valence-electron chi connectivity index (χ4n) is 4.46. The first kappa shape index (κ1) is 22.2. The molecule has 5 heteroatoms. The number of allylic oxidation sites excluding steroid dienone is 1. The van der Waals surface area contributed by atoms with Gasteiger partial charge in [-0.05, 0) is 53.3 Å². The van der Waals surface area contributed by atoms with E-state index in [1.807, 2.05) is 48.5 Å². The van der Waals surface area contributed by atoms with Gasteiger partial charge in [-0.25, -0.2) is 0 Å². The van der Waals surface area contributed by atoms with E-state index in [2.05, 4.69) is 36.9 Å². The van der Waals surface area contributed by atoms with Crippen LogP contribution in [0.2, 0.25) is 0 Å². The molecule has 0 amide bonds. The minimum absolute atomic E-state index is 0.0862. The summed E-state index contributed by atoms with van der Waals surface area (Å²) in [5.74, 6) is 3.03. The van der Waals surface area contributed by atoms with E-state index in [1.165, 1.54) is 5.56 Å². The monoisotopic (exact) mass is 455 g/mol. The predicted molar refractivity (Wildman–Crippen MR) is 133 cm³/mol. The summed E-state index contributed by atoms with van der Waals surface area (Å²) in [6, 6.07) is 20.0. The number of fused-ring (bicyclic) bond motifs is 3. The molecule has 0 N–H and O–H groups in total. The molecule has 0 bridgehead atoms. The van der Waals surface area contributed by atoms with Gasteiger partial charge in [0, 0.05) is 13.1 Å². The van der Waals surface area contributed by atoms with Crippen LogP contribution in [0.3, 0.4) is 0 Å². The third kappa shape index (κ3) is 4.31. The minimum Gasteiger partial charge on any atom is -0.496 e. The Labute approximate surface area is 200 Å². The van der Waals surface area contributed by atoms with Crippen LogP contribution in [0, 0.1) is 0 Å². The van der Waals surface area contributed by atoms with Crippen LogP contribution in [-0.4, -0.2) is 31.1 Å². The molecule has 34 heavy (non-hydrogen) atoms. The predicted octanol–water partition coefficient (Wildman–Crippen LogP) is 5.83. The molecule has 5 nitrogen and oxygen atoms in total. The number of para-hydroxylation sites is 1. The van der Waals surface area contributed by atoms with E-state index in [0.717, 1.165) is 41.2 Å². The molecule has 0 radical (unpaired) electrons. The van der Waals surface area contributed by atoms with Crippen molar-refractivity contribution in [3.63, 3.8) is 0 Å². The molecular formula is C29H29NO4. The highest BCUT2D eigenvalue weighted by molar-refractivity contribution is 6.15. The second-order valence-electron chi connectivity index (χ2n) is 9.07. The van der Waals surface area contributed by atoms with Gasteiger partial charge in [0.2, 0.25) is 5.78 Å². The van der Waals surface area contributed by atoms with Gasteiger partial charge >= 0.3 is 0 Å². The van der Waals surface area contributed by atoms with Crippen LogP contribution >= 0.6 is 0 Å². The standard InChI is InChI=1S/C29H29NO4/c1-19(2)21-10-8-20(9-11-21)16-27-28(31)23-12-13-26-24(29(23)34-27)17-30(18-33-26)15-14-22-6-4-5-7-25(22)32-3/h4-13,16,19H,14-15,17-18H2,1-3H3/b27-16-. The zero-order valence-corrected chi connectivity index (χ0v) is 19.8. The lowest BCUT2D eigenvalue weighted by Gasteiger charge is -2.29. The molecule has 0 saturated heterocycles. The summed E-state index contributed by atoms with van der Waals surface area (Å²) >= 11 is 0. The fraction of sp³-hybridized carbons (Fsp3) is 0.276. The summed E-state index contributed by atoms with van der Waals surface area (Å²) in [4.78, 5) is 15.3. The highest BCUT2D eigenvalue weighted by Crippen LogP contribution is 2.42. The summed E-state index contributed by atoms with van der Waals surface area (Å²) < 4.78 is 17.6. The molecule has 3 aromatic rings. The summed E-state index contributed by atoms with van der Waals surface area (Å²) in [5.41, 5.74) is 4.90.